The molecule has 1 heterocycles. The van der Waals surface area contributed by atoms with E-state index in [0.717, 1.165) is 22.7 Å². The zero-order valence-corrected chi connectivity index (χ0v) is 20.8. The van der Waals surface area contributed by atoms with E-state index >= 15 is 0 Å². The number of amidine groups is 1. The van der Waals surface area contributed by atoms with Crippen molar-refractivity contribution in [2.24, 2.45) is 10.9 Å². The van der Waals surface area contributed by atoms with E-state index in [1.807, 2.05) is 0 Å². The zero-order chi connectivity index (χ0) is 25.8. The topological polar surface area (TPSA) is 51.1 Å². The molecule has 1 saturated carbocycles. The molecule has 0 N–H and O–H groups in total. The number of halogens is 4. The highest BCUT2D eigenvalue weighted by Crippen LogP contribution is 2.67. The van der Waals surface area contributed by atoms with Gasteiger partial charge in [-0.05, 0) is 51.5 Å². The van der Waals surface area contributed by atoms with Gasteiger partial charge in [0.15, 0.2) is 16.8 Å². The first-order valence-electron chi connectivity index (χ1n) is 11.0. The van der Waals surface area contributed by atoms with Gasteiger partial charge in [0.05, 0.1) is 30.4 Å². The lowest BCUT2D eigenvalue weighted by atomic mass is 9.86. The predicted molar refractivity (Wildman–Crippen MR) is 126 cm³/mol. The third kappa shape index (κ3) is 4.72. The molecule has 188 valence electrons. The van der Waals surface area contributed by atoms with Crippen molar-refractivity contribution >= 4 is 23.0 Å². The molecular weight excluding hydrogens is 484 g/mol. The summed E-state index contributed by atoms with van der Waals surface area (Å²) in [5.74, 6) is -6.30. The molecule has 2 aliphatic rings. The largest absolute Gasteiger partial charge is 0.497 e. The van der Waals surface area contributed by atoms with Crippen molar-refractivity contribution < 1.29 is 31.8 Å². The lowest BCUT2D eigenvalue weighted by molar-refractivity contribution is 0.0362. The van der Waals surface area contributed by atoms with Crippen molar-refractivity contribution in [1.29, 1.82) is 0 Å². The Morgan fingerprint density at radius 2 is 1.80 bits per heavy atom. The van der Waals surface area contributed by atoms with Crippen LogP contribution in [0.3, 0.4) is 0 Å². The highest BCUT2D eigenvalue weighted by molar-refractivity contribution is 8.14. The molecule has 0 radical (unpaired) electrons. The standard InChI is InChI=1S/C25H26F4N2O3S/c1-23(2,3)34-22(32)31(13-14-9-11-15(33-5)12-10-14)21-30-24(4,19-20(35-21)25(19,28)29)16-7-6-8-17(26)18(16)27/h6-12,19-20H,13H2,1-5H3/t19?,20?,24-/m1/s1. The summed E-state index contributed by atoms with van der Waals surface area (Å²) < 4.78 is 69.3. The minimum atomic E-state index is -3.18. The number of nitrogens with zero attached hydrogens (tertiary/aromatic N) is 2. The van der Waals surface area contributed by atoms with Crippen LogP contribution in [0.25, 0.3) is 0 Å². The van der Waals surface area contributed by atoms with E-state index < -0.39 is 46.0 Å². The molecule has 2 unspecified atom stereocenters. The van der Waals surface area contributed by atoms with Crippen LogP contribution in [-0.2, 0) is 16.8 Å². The third-order valence-electron chi connectivity index (χ3n) is 5.99. The highest BCUT2D eigenvalue weighted by atomic mass is 32.2. The quantitative estimate of drug-likeness (QED) is 0.449. The Balaban J connectivity index is 1.79. The number of rotatable bonds is 4. The summed E-state index contributed by atoms with van der Waals surface area (Å²) in [5, 5.41) is -1.29. The first kappa shape index (κ1) is 25.3. The highest BCUT2D eigenvalue weighted by Gasteiger charge is 2.78. The van der Waals surface area contributed by atoms with Gasteiger partial charge >= 0.3 is 6.09 Å². The molecule has 4 rings (SSSR count). The maximum atomic E-state index is 14.9. The minimum absolute atomic E-state index is 0.0323. The number of amides is 1. The van der Waals surface area contributed by atoms with Gasteiger partial charge in [0.2, 0.25) is 0 Å². The lowest BCUT2D eigenvalue weighted by Gasteiger charge is -2.34. The van der Waals surface area contributed by atoms with E-state index in [1.54, 1.807) is 45.0 Å². The van der Waals surface area contributed by atoms with Crippen molar-refractivity contribution in [3.63, 3.8) is 0 Å². The van der Waals surface area contributed by atoms with Gasteiger partial charge in [0, 0.05) is 5.56 Å². The second-order valence-corrected chi connectivity index (χ2v) is 10.9. The summed E-state index contributed by atoms with van der Waals surface area (Å²) in [6.45, 7) is 6.37. The average Bonchev–Trinajstić information content (AvgIpc) is 3.34. The summed E-state index contributed by atoms with van der Waals surface area (Å²) in [6.07, 6.45) is -0.788. The fourth-order valence-corrected chi connectivity index (χ4v) is 5.75. The van der Waals surface area contributed by atoms with Gasteiger partial charge in [-0.1, -0.05) is 36.0 Å². The number of hydrogen-bond donors (Lipinski definition) is 0. The monoisotopic (exact) mass is 510 g/mol. The number of carbonyl (C=O) groups excluding carboxylic acids is 1. The summed E-state index contributed by atoms with van der Waals surface area (Å²) in [5.41, 5.74) is -2.26. The second-order valence-electron chi connectivity index (χ2n) is 9.75. The van der Waals surface area contributed by atoms with Gasteiger partial charge in [-0.25, -0.2) is 22.4 Å². The van der Waals surface area contributed by atoms with Crippen molar-refractivity contribution in [1.82, 2.24) is 4.90 Å². The Morgan fingerprint density at radius 1 is 1.14 bits per heavy atom. The number of benzene rings is 2. The van der Waals surface area contributed by atoms with E-state index in [2.05, 4.69) is 4.99 Å². The minimum Gasteiger partial charge on any atom is -0.497 e. The third-order valence-corrected chi connectivity index (χ3v) is 7.36. The van der Waals surface area contributed by atoms with Gasteiger partial charge in [0.25, 0.3) is 5.92 Å². The first-order valence-corrected chi connectivity index (χ1v) is 11.9. The Morgan fingerprint density at radius 3 is 2.40 bits per heavy atom. The Kier molecular flexibility index (Phi) is 6.32. The van der Waals surface area contributed by atoms with Crippen molar-refractivity contribution in [2.75, 3.05) is 7.11 Å². The van der Waals surface area contributed by atoms with Crippen LogP contribution in [0.4, 0.5) is 22.4 Å². The smallest absolute Gasteiger partial charge is 0.416 e. The SMILES string of the molecule is COc1ccc(CN(C(=O)OC(C)(C)C)C2=N[C@](C)(c3cccc(F)c3F)C3C(S2)C3(F)F)cc1. The van der Waals surface area contributed by atoms with Gasteiger partial charge in [-0.2, -0.15) is 0 Å². The molecule has 2 aromatic rings. The number of methoxy groups -OCH3 is 1. The number of aliphatic imine (C=N–C) groups is 1. The molecule has 1 aliphatic heterocycles. The van der Waals surface area contributed by atoms with Crippen molar-refractivity contribution in [2.45, 2.75) is 56.6 Å². The van der Waals surface area contributed by atoms with E-state index in [4.69, 9.17) is 9.47 Å². The summed E-state index contributed by atoms with van der Waals surface area (Å²) in [6, 6.07) is 10.3. The molecule has 35 heavy (non-hydrogen) atoms. The number of fused-ring (bicyclic) bond motifs is 1. The van der Waals surface area contributed by atoms with Gasteiger partial charge < -0.3 is 9.47 Å². The summed E-state index contributed by atoms with van der Waals surface area (Å²) >= 11 is 0.748. The average molecular weight is 511 g/mol. The Bertz CT molecular complexity index is 1170. The fourth-order valence-electron chi connectivity index (χ4n) is 4.21. The molecule has 3 atom stereocenters. The molecule has 0 bridgehead atoms. The van der Waals surface area contributed by atoms with Crippen LogP contribution >= 0.6 is 11.8 Å². The zero-order valence-electron chi connectivity index (χ0n) is 19.9. The maximum absolute atomic E-state index is 14.9. The van der Waals surface area contributed by atoms with E-state index in [-0.39, 0.29) is 17.3 Å². The van der Waals surface area contributed by atoms with Crippen LogP contribution < -0.4 is 4.74 Å². The van der Waals surface area contributed by atoms with E-state index in [1.165, 1.54) is 26.2 Å². The number of hydrogen-bond acceptors (Lipinski definition) is 5. The van der Waals surface area contributed by atoms with Crippen molar-refractivity contribution in [3.05, 3.63) is 65.2 Å². The van der Waals surface area contributed by atoms with Gasteiger partial charge in [-0.3, -0.25) is 9.89 Å². The van der Waals surface area contributed by atoms with E-state index in [9.17, 15) is 22.4 Å². The van der Waals surface area contributed by atoms with Crippen LogP contribution in [0.2, 0.25) is 0 Å². The normalized spacial score (nSPS) is 24.8. The summed E-state index contributed by atoms with van der Waals surface area (Å²) in [7, 11) is 1.52. The number of alkyl halides is 2. The second kappa shape index (κ2) is 8.72. The van der Waals surface area contributed by atoms with E-state index in [0.29, 0.717) is 11.3 Å². The number of carbonyl (C=O) groups is 1. The Labute approximate surface area is 205 Å². The predicted octanol–water partition coefficient (Wildman–Crippen LogP) is 6.36. The molecule has 0 saturated heterocycles. The molecule has 0 aromatic heterocycles. The maximum Gasteiger partial charge on any atom is 0.416 e. The molecule has 10 heteroatoms. The number of thioether (sulfide) groups is 1. The molecular formula is C25H26F4N2O3S. The van der Waals surface area contributed by atoms with Crippen LogP contribution in [-0.4, -0.2) is 40.0 Å². The first-order chi connectivity index (χ1) is 16.3. The van der Waals surface area contributed by atoms with Gasteiger partial charge in [0.1, 0.15) is 11.4 Å². The number of ether oxygens (including phenoxy) is 2. The van der Waals surface area contributed by atoms with Crippen LogP contribution in [0.1, 0.15) is 38.8 Å². The van der Waals surface area contributed by atoms with Crippen LogP contribution in [0.15, 0.2) is 47.5 Å². The Hall–Kier alpha value is -2.75. The van der Waals surface area contributed by atoms with Crippen LogP contribution in [0, 0.1) is 17.6 Å². The lowest BCUT2D eigenvalue weighted by Crippen LogP contribution is -2.42. The summed E-state index contributed by atoms with van der Waals surface area (Å²) in [4.78, 5) is 18.8. The fraction of sp³-hybridized carbons (Fsp3) is 0.440. The molecule has 2 aromatic carbocycles. The molecule has 5 nitrogen and oxygen atoms in total. The molecule has 1 aliphatic carbocycles. The molecule has 0 spiro atoms. The van der Waals surface area contributed by atoms with Crippen molar-refractivity contribution in [3.8, 4) is 5.75 Å². The van der Waals surface area contributed by atoms with Crippen LogP contribution in [0.5, 0.6) is 5.75 Å². The molecule has 1 amide bonds. The van der Waals surface area contributed by atoms with Gasteiger partial charge in [-0.15, -0.1) is 0 Å². The molecule has 1 fully saturated rings.